The predicted molar refractivity (Wildman–Crippen MR) is 92.5 cm³/mol. The van der Waals surface area contributed by atoms with E-state index in [-0.39, 0.29) is 11.9 Å². The second-order valence-corrected chi connectivity index (χ2v) is 6.76. The van der Waals surface area contributed by atoms with Crippen LogP contribution in [0.5, 0.6) is 0 Å². The number of piperidine rings is 1. The third-order valence-corrected chi connectivity index (χ3v) is 4.77. The highest BCUT2D eigenvalue weighted by atomic mass is 79.9. The summed E-state index contributed by atoms with van der Waals surface area (Å²) in [5.74, 6) is 0.983. The van der Waals surface area contributed by atoms with E-state index in [9.17, 15) is 4.79 Å². The highest BCUT2D eigenvalue weighted by Gasteiger charge is 2.27. The summed E-state index contributed by atoms with van der Waals surface area (Å²) >= 11 is 3.41. The van der Waals surface area contributed by atoms with Gasteiger partial charge in [0.2, 0.25) is 0 Å². The zero-order valence-corrected chi connectivity index (χ0v) is 14.9. The fourth-order valence-corrected chi connectivity index (χ4v) is 3.15. The van der Waals surface area contributed by atoms with Gasteiger partial charge in [-0.15, -0.1) is 0 Å². The van der Waals surface area contributed by atoms with Crippen molar-refractivity contribution in [2.24, 2.45) is 7.05 Å². The van der Waals surface area contributed by atoms with Crippen LogP contribution in [-0.4, -0.2) is 51.8 Å². The average Bonchev–Trinajstić information content (AvgIpc) is 3.01. The summed E-state index contributed by atoms with van der Waals surface area (Å²) in [7, 11) is 3.69. The lowest BCUT2D eigenvalue weighted by Gasteiger charge is -2.37. The van der Waals surface area contributed by atoms with Gasteiger partial charge in [0.25, 0.3) is 5.91 Å². The molecule has 0 spiro atoms. The predicted octanol–water partition coefficient (Wildman–Crippen LogP) is 2.32. The molecule has 122 valence electrons. The number of carbonyl (C=O) groups is 1. The first kappa shape index (κ1) is 16.0. The number of pyridine rings is 1. The van der Waals surface area contributed by atoms with Crippen LogP contribution >= 0.6 is 15.9 Å². The van der Waals surface area contributed by atoms with E-state index in [2.05, 4.69) is 30.9 Å². The minimum atomic E-state index is -0.00850. The Balaban J connectivity index is 1.60. The van der Waals surface area contributed by atoms with Crippen molar-refractivity contribution in [1.82, 2.24) is 19.7 Å². The van der Waals surface area contributed by atoms with Crippen LogP contribution in [0.15, 0.2) is 35.1 Å². The lowest BCUT2D eigenvalue weighted by molar-refractivity contribution is 0.0702. The molecule has 1 fully saturated rings. The van der Waals surface area contributed by atoms with Gasteiger partial charge >= 0.3 is 0 Å². The van der Waals surface area contributed by atoms with Crippen LogP contribution in [-0.2, 0) is 7.05 Å². The molecular weight excluding hydrogens is 358 g/mol. The lowest BCUT2D eigenvalue weighted by atomic mass is 10.0. The number of amides is 1. The Bertz CT molecular complexity index is 676. The maximum atomic E-state index is 12.5. The van der Waals surface area contributed by atoms with Gasteiger partial charge in [0.15, 0.2) is 0 Å². The SMILES string of the molecule is CN(C(=O)c1ccn(C)n1)C1CCN(c2ccc(Br)cn2)CC1. The first-order valence-electron chi connectivity index (χ1n) is 7.68. The molecule has 1 amide bonds. The molecule has 0 N–H and O–H groups in total. The van der Waals surface area contributed by atoms with E-state index in [1.54, 1.807) is 16.9 Å². The molecular formula is C16H20BrN5O. The zero-order valence-electron chi connectivity index (χ0n) is 13.3. The number of hydrogen-bond donors (Lipinski definition) is 0. The molecule has 6 nitrogen and oxygen atoms in total. The average molecular weight is 378 g/mol. The molecule has 0 radical (unpaired) electrons. The maximum Gasteiger partial charge on any atom is 0.274 e. The van der Waals surface area contributed by atoms with Gasteiger partial charge in [0, 0.05) is 50.1 Å². The van der Waals surface area contributed by atoms with Crippen LogP contribution in [0.2, 0.25) is 0 Å². The summed E-state index contributed by atoms with van der Waals surface area (Å²) in [5, 5.41) is 4.20. The van der Waals surface area contributed by atoms with Crippen molar-refractivity contribution in [3.8, 4) is 0 Å². The number of aryl methyl sites for hydroxylation is 1. The molecule has 2 aromatic heterocycles. The molecule has 3 heterocycles. The lowest BCUT2D eigenvalue weighted by Crippen LogP contribution is -2.46. The van der Waals surface area contributed by atoms with E-state index in [1.807, 2.05) is 37.3 Å². The summed E-state index contributed by atoms with van der Waals surface area (Å²) < 4.78 is 2.64. The topological polar surface area (TPSA) is 54.3 Å². The molecule has 23 heavy (non-hydrogen) atoms. The van der Waals surface area contributed by atoms with Crippen LogP contribution < -0.4 is 4.90 Å². The molecule has 0 unspecified atom stereocenters. The second kappa shape index (κ2) is 6.70. The van der Waals surface area contributed by atoms with Crippen LogP contribution in [0.4, 0.5) is 5.82 Å². The zero-order chi connectivity index (χ0) is 16.4. The maximum absolute atomic E-state index is 12.5. The highest BCUT2D eigenvalue weighted by molar-refractivity contribution is 9.10. The van der Waals surface area contributed by atoms with Gasteiger partial charge in [-0.3, -0.25) is 9.48 Å². The van der Waals surface area contributed by atoms with Crippen LogP contribution in [0.1, 0.15) is 23.3 Å². The monoisotopic (exact) mass is 377 g/mol. The first-order valence-corrected chi connectivity index (χ1v) is 8.47. The van der Waals surface area contributed by atoms with Gasteiger partial charge in [0.05, 0.1) is 0 Å². The number of hydrogen-bond acceptors (Lipinski definition) is 4. The quantitative estimate of drug-likeness (QED) is 0.823. The van der Waals surface area contributed by atoms with Crippen LogP contribution in [0, 0.1) is 0 Å². The fraction of sp³-hybridized carbons (Fsp3) is 0.438. The van der Waals surface area contributed by atoms with Gasteiger partial charge in [0.1, 0.15) is 11.5 Å². The molecule has 1 saturated heterocycles. The van der Waals surface area contributed by atoms with Crippen molar-refractivity contribution in [3.63, 3.8) is 0 Å². The van der Waals surface area contributed by atoms with Crippen molar-refractivity contribution in [2.75, 3.05) is 25.0 Å². The number of rotatable bonds is 3. The van der Waals surface area contributed by atoms with Crippen LogP contribution in [0.3, 0.4) is 0 Å². The number of aromatic nitrogens is 3. The summed E-state index contributed by atoms with van der Waals surface area (Å²) in [6, 6.07) is 6.04. The van der Waals surface area contributed by atoms with Gasteiger partial charge in [-0.25, -0.2) is 4.98 Å². The summed E-state index contributed by atoms with van der Waals surface area (Å²) in [5.41, 5.74) is 0.506. The molecule has 0 aromatic carbocycles. The van der Waals surface area contributed by atoms with Crippen molar-refractivity contribution in [1.29, 1.82) is 0 Å². The number of anilines is 1. The Hall–Kier alpha value is -1.89. The Kier molecular flexibility index (Phi) is 4.66. The van der Waals surface area contributed by atoms with Crippen LogP contribution in [0.25, 0.3) is 0 Å². The van der Waals surface area contributed by atoms with Gasteiger partial charge in [-0.2, -0.15) is 5.10 Å². The van der Waals surface area contributed by atoms with E-state index < -0.39 is 0 Å². The summed E-state index contributed by atoms with van der Waals surface area (Å²) in [6.07, 6.45) is 5.49. The first-order chi connectivity index (χ1) is 11.0. The van der Waals surface area contributed by atoms with E-state index in [4.69, 9.17) is 0 Å². The highest BCUT2D eigenvalue weighted by Crippen LogP contribution is 2.22. The standard InChI is InChI=1S/C16H20BrN5O/c1-20-8-7-14(19-20)16(23)21(2)13-5-9-22(10-6-13)15-4-3-12(17)11-18-15/h3-4,7-8,11,13H,5-6,9-10H2,1-2H3. The van der Waals surface area contributed by atoms with Gasteiger partial charge < -0.3 is 9.80 Å². The van der Waals surface area contributed by atoms with Gasteiger partial charge in [-0.1, -0.05) is 0 Å². The molecule has 0 aliphatic carbocycles. The molecule has 7 heteroatoms. The number of nitrogens with zero attached hydrogens (tertiary/aromatic N) is 5. The van der Waals surface area contributed by atoms with Crippen molar-refractivity contribution < 1.29 is 4.79 Å². The third-order valence-electron chi connectivity index (χ3n) is 4.30. The Labute approximate surface area is 144 Å². The molecule has 2 aromatic rings. The second-order valence-electron chi connectivity index (χ2n) is 5.84. The molecule has 0 bridgehead atoms. The fourth-order valence-electron chi connectivity index (χ4n) is 2.91. The number of halogens is 1. The molecule has 0 atom stereocenters. The Morgan fingerprint density at radius 2 is 2.04 bits per heavy atom. The molecule has 0 saturated carbocycles. The minimum Gasteiger partial charge on any atom is -0.356 e. The van der Waals surface area contributed by atoms with Gasteiger partial charge in [-0.05, 0) is 47.0 Å². The van der Waals surface area contributed by atoms with E-state index in [1.165, 1.54) is 0 Å². The molecule has 3 rings (SSSR count). The Morgan fingerprint density at radius 3 is 2.61 bits per heavy atom. The Morgan fingerprint density at radius 1 is 1.30 bits per heavy atom. The largest absolute Gasteiger partial charge is 0.356 e. The normalized spacial score (nSPS) is 15.7. The smallest absolute Gasteiger partial charge is 0.274 e. The summed E-state index contributed by atoms with van der Waals surface area (Å²) in [4.78, 5) is 21.0. The third kappa shape index (κ3) is 3.55. The summed E-state index contributed by atoms with van der Waals surface area (Å²) in [6.45, 7) is 1.80. The molecule has 1 aliphatic heterocycles. The number of carbonyl (C=O) groups excluding carboxylic acids is 1. The van der Waals surface area contributed by atoms with E-state index in [0.717, 1.165) is 36.2 Å². The van der Waals surface area contributed by atoms with E-state index in [0.29, 0.717) is 5.69 Å². The van der Waals surface area contributed by atoms with E-state index >= 15 is 0 Å². The van der Waals surface area contributed by atoms with Crippen molar-refractivity contribution in [3.05, 3.63) is 40.8 Å². The van der Waals surface area contributed by atoms with Crippen molar-refractivity contribution >= 4 is 27.7 Å². The molecule has 1 aliphatic rings. The van der Waals surface area contributed by atoms with Crippen molar-refractivity contribution in [2.45, 2.75) is 18.9 Å². The minimum absolute atomic E-state index is 0.00850.